The lowest BCUT2D eigenvalue weighted by Gasteiger charge is -2.33. The van der Waals surface area contributed by atoms with E-state index in [1.54, 1.807) is 19.2 Å². The van der Waals surface area contributed by atoms with Crippen molar-refractivity contribution in [1.29, 1.82) is 0 Å². The lowest BCUT2D eigenvalue weighted by Crippen LogP contribution is -2.38. The molecule has 0 aromatic heterocycles. The van der Waals surface area contributed by atoms with Gasteiger partial charge >= 0.3 is 0 Å². The highest BCUT2D eigenvalue weighted by Crippen LogP contribution is 2.32. The Balaban J connectivity index is 1.13. The zero-order valence-electron chi connectivity index (χ0n) is 19.3. The molecule has 1 atom stereocenters. The summed E-state index contributed by atoms with van der Waals surface area (Å²) in [6, 6.07) is 17.6. The molecule has 0 aliphatic carbocycles. The summed E-state index contributed by atoms with van der Waals surface area (Å²) in [6.45, 7) is 3.10. The number of likely N-dealkylation sites (tertiary alicyclic amines) is 1. The van der Waals surface area contributed by atoms with Crippen LogP contribution in [0.3, 0.4) is 0 Å². The van der Waals surface area contributed by atoms with Gasteiger partial charge in [0.2, 0.25) is 0 Å². The third-order valence-electron chi connectivity index (χ3n) is 6.68. The van der Waals surface area contributed by atoms with Gasteiger partial charge in [-0.05, 0) is 73.1 Å². The van der Waals surface area contributed by atoms with Gasteiger partial charge in [0.1, 0.15) is 17.2 Å². The SMILES string of the molecule is COc1ccc2cccc(OCC3CCN(C[C@H](O)c4ccc5c(c4)NC(=O)CO5)CC3)c2c1. The lowest BCUT2D eigenvalue weighted by molar-refractivity contribution is -0.118. The van der Waals surface area contributed by atoms with E-state index in [2.05, 4.69) is 16.3 Å². The maximum Gasteiger partial charge on any atom is 0.262 e. The summed E-state index contributed by atoms with van der Waals surface area (Å²) in [5.41, 5.74) is 1.40. The number of fused-ring (bicyclic) bond motifs is 2. The van der Waals surface area contributed by atoms with Crippen molar-refractivity contribution in [3.05, 3.63) is 60.2 Å². The minimum Gasteiger partial charge on any atom is -0.497 e. The summed E-state index contributed by atoms with van der Waals surface area (Å²) in [5.74, 6) is 2.65. The molecule has 2 heterocycles. The topological polar surface area (TPSA) is 80.3 Å². The zero-order valence-corrected chi connectivity index (χ0v) is 19.3. The Morgan fingerprint density at radius 1 is 1.15 bits per heavy atom. The van der Waals surface area contributed by atoms with Gasteiger partial charge in [-0.15, -0.1) is 0 Å². The number of hydrogen-bond donors (Lipinski definition) is 2. The molecule has 3 aromatic rings. The Bertz CT molecular complexity index is 1170. The first-order chi connectivity index (χ1) is 16.6. The second-order valence-electron chi connectivity index (χ2n) is 9.01. The highest BCUT2D eigenvalue weighted by Gasteiger charge is 2.24. The van der Waals surface area contributed by atoms with Gasteiger partial charge in [-0.3, -0.25) is 4.79 Å². The monoisotopic (exact) mass is 462 g/mol. The van der Waals surface area contributed by atoms with Crippen LogP contribution in [0.4, 0.5) is 5.69 Å². The smallest absolute Gasteiger partial charge is 0.262 e. The Morgan fingerprint density at radius 3 is 2.82 bits per heavy atom. The molecule has 2 aliphatic rings. The molecule has 0 spiro atoms. The molecule has 2 N–H and O–H groups in total. The molecule has 0 bridgehead atoms. The Morgan fingerprint density at radius 2 is 2.00 bits per heavy atom. The van der Waals surface area contributed by atoms with Crippen molar-refractivity contribution in [3.63, 3.8) is 0 Å². The number of β-amino-alcohol motifs (C(OH)–C–C–N with tert-alkyl or cyclic N) is 1. The maximum atomic E-state index is 11.6. The molecule has 34 heavy (non-hydrogen) atoms. The molecule has 178 valence electrons. The molecule has 1 fully saturated rings. The fourth-order valence-electron chi connectivity index (χ4n) is 4.68. The molecule has 7 nitrogen and oxygen atoms in total. The van der Waals surface area contributed by atoms with E-state index in [1.807, 2.05) is 36.4 Å². The van der Waals surface area contributed by atoms with Crippen LogP contribution in [0, 0.1) is 5.92 Å². The molecule has 7 heteroatoms. The van der Waals surface area contributed by atoms with E-state index in [0.29, 0.717) is 30.5 Å². The average molecular weight is 463 g/mol. The quantitative estimate of drug-likeness (QED) is 0.553. The van der Waals surface area contributed by atoms with E-state index < -0.39 is 6.10 Å². The molecule has 0 saturated carbocycles. The number of aliphatic hydroxyl groups is 1. The van der Waals surface area contributed by atoms with Crippen LogP contribution in [0.2, 0.25) is 0 Å². The number of carbonyl (C=O) groups is 1. The normalized spacial score (nSPS) is 17.5. The highest BCUT2D eigenvalue weighted by atomic mass is 16.5. The molecule has 1 amide bonds. The first-order valence-corrected chi connectivity index (χ1v) is 11.8. The van der Waals surface area contributed by atoms with E-state index in [9.17, 15) is 9.90 Å². The lowest BCUT2D eigenvalue weighted by atomic mass is 9.97. The number of methoxy groups -OCH3 is 1. The summed E-state index contributed by atoms with van der Waals surface area (Å²) in [6.07, 6.45) is 1.42. The third kappa shape index (κ3) is 4.95. The number of aliphatic hydroxyl groups excluding tert-OH is 1. The molecular weight excluding hydrogens is 432 g/mol. The number of piperidine rings is 1. The van der Waals surface area contributed by atoms with Crippen LogP contribution in [-0.4, -0.2) is 55.9 Å². The van der Waals surface area contributed by atoms with E-state index in [-0.39, 0.29) is 12.5 Å². The maximum absolute atomic E-state index is 11.6. The molecular formula is C27H30N2O5. The Hall–Kier alpha value is -3.29. The number of anilines is 1. The first-order valence-electron chi connectivity index (χ1n) is 11.8. The van der Waals surface area contributed by atoms with Gasteiger partial charge in [-0.25, -0.2) is 0 Å². The third-order valence-corrected chi connectivity index (χ3v) is 6.68. The van der Waals surface area contributed by atoms with Gasteiger partial charge in [0.05, 0.1) is 25.5 Å². The van der Waals surface area contributed by atoms with E-state index in [0.717, 1.165) is 53.8 Å². The number of amides is 1. The van der Waals surface area contributed by atoms with Crippen LogP contribution in [0.5, 0.6) is 17.2 Å². The fraction of sp³-hybridized carbons (Fsp3) is 0.370. The molecule has 2 aliphatic heterocycles. The average Bonchev–Trinajstić information content (AvgIpc) is 2.87. The summed E-state index contributed by atoms with van der Waals surface area (Å²) in [5, 5.41) is 15.8. The summed E-state index contributed by atoms with van der Waals surface area (Å²) < 4.78 is 17.0. The van der Waals surface area contributed by atoms with Crippen LogP contribution in [-0.2, 0) is 4.79 Å². The van der Waals surface area contributed by atoms with Gasteiger partial charge in [-0.1, -0.05) is 24.3 Å². The van der Waals surface area contributed by atoms with Crippen LogP contribution in [0.15, 0.2) is 54.6 Å². The second kappa shape index (κ2) is 9.91. The predicted octanol–water partition coefficient (Wildman–Crippen LogP) is 4.00. The van der Waals surface area contributed by atoms with Crippen LogP contribution >= 0.6 is 0 Å². The Kier molecular flexibility index (Phi) is 6.56. The van der Waals surface area contributed by atoms with Gasteiger partial charge in [-0.2, -0.15) is 0 Å². The molecule has 1 saturated heterocycles. The summed E-state index contributed by atoms with van der Waals surface area (Å²) in [4.78, 5) is 13.9. The fourth-order valence-corrected chi connectivity index (χ4v) is 4.68. The Labute approximate surface area is 199 Å². The van der Waals surface area contributed by atoms with Crippen molar-refractivity contribution < 1.29 is 24.1 Å². The van der Waals surface area contributed by atoms with Crippen LogP contribution in [0.25, 0.3) is 10.8 Å². The predicted molar refractivity (Wildman–Crippen MR) is 131 cm³/mol. The molecule has 3 aromatic carbocycles. The summed E-state index contributed by atoms with van der Waals surface area (Å²) >= 11 is 0. The van der Waals surface area contributed by atoms with Gasteiger partial charge in [0.15, 0.2) is 6.61 Å². The van der Waals surface area contributed by atoms with Crippen LogP contribution in [0.1, 0.15) is 24.5 Å². The van der Waals surface area contributed by atoms with Crippen molar-refractivity contribution in [1.82, 2.24) is 4.90 Å². The van der Waals surface area contributed by atoms with Crippen molar-refractivity contribution >= 4 is 22.4 Å². The number of rotatable bonds is 7. The van der Waals surface area contributed by atoms with E-state index in [4.69, 9.17) is 14.2 Å². The zero-order chi connectivity index (χ0) is 23.5. The van der Waals surface area contributed by atoms with Crippen molar-refractivity contribution in [2.45, 2.75) is 18.9 Å². The minimum absolute atomic E-state index is 0.0300. The summed E-state index contributed by atoms with van der Waals surface area (Å²) in [7, 11) is 1.67. The number of nitrogens with one attached hydrogen (secondary N) is 1. The second-order valence-corrected chi connectivity index (χ2v) is 9.01. The van der Waals surface area contributed by atoms with Crippen molar-refractivity contribution in [2.75, 3.05) is 45.3 Å². The molecule has 0 radical (unpaired) electrons. The van der Waals surface area contributed by atoms with Crippen LogP contribution < -0.4 is 19.5 Å². The number of carbonyl (C=O) groups excluding carboxylic acids is 1. The van der Waals surface area contributed by atoms with Crippen molar-refractivity contribution in [3.8, 4) is 17.2 Å². The van der Waals surface area contributed by atoms with E-state index in [1.165, 1.54) is 0 Å². The number of nitrogens with zero attached hydrogens (tertiary/aromatic N) is 1. The van der Waals surface area contributed by atoms with Gasteiger partial charge in [0, 0.05) is 11.9 Å². The molecule has 5 rings (SSSR count). The number of benzene rings is 3. The van der Waals surface area contributed by atoms with Gasteiger partial charge < -0.3 is 29.5 Å². The number of hydrogen-bond acceptors (Lipinski definition) is 6. The van der Waals surface area contributed by atoms with Gasteiger partial charge in [0.25, 0.3) is 5.91 Å². The number of ether oxygens (including phenoxy) is 3. The first kappa shape index (κ1) is 22.5. The minimum atomic E-state index is -0.623. The van der Waals surface area contributed by atoms with E-state index >= 15 is 0 Å². The molecule has 0 unspecified atom stereocenters. The highest BCUT2D eigenvalue weighted by molar-refractivity contribution is 5.95. The largest absolute Gasteiger partial charge is 0.497 e. The van der Waals surface area contributed by atoms with Crippen molar-refractivity contribution in [2.24, 2.45) is 5.92 Å². The standard InChI is InChI=1S/C27H30N2O5/c1-32-21-7-5-19-3-2-4-25(22(19)14-21)33-16-18-9-11-29(12-10-18)15-24(30)20-6-8-26-23(13-20)28-27(31)17-34-26/h2-8,13-14,18,24,30H,9-12,15-17H2,1H3,(H,28,31)/t24-/m0/s1.